The second kappa shape index (κ2) is 14.7. The molecule has 0 bridgehead atoms. The van der Waals surface area contributed by atoms with Crippen molar-refractivity contribution in [3.63, 3.8) is 0 Å². The average Bonchev–Trinajstić information content (AvgIpc) is 3.90. The summed E-state index contributed by atoms with van der Waals surface area (Å²) in [6.45, 7) is 0. The van der Waals surface area contributed by atoms with Crippen molar-refractivity contribution in [2.45, 2.75) is 0 Å². The molecule has 0 spiro atoms. The zero-order valence-electron chi connectivity index (χ0n) is 33.5. The Morgan fingerprint density at radius 1 is 0.306 bits per heavy atom. The summed E-state index contributed by atoms with van der Waals surface area (Å²) < 4.78 is 8.96. The molecule has 5 nitrogen and oxygen atoms in total. The molecule has 0 aliphatic rings. The lowest BCUT2D eigenvalue weighted by Gasteiger charge is -2.17. The van der Waals surface area contributed by atoms with Crippen LogP contribution in [0.3, 0.4) is 0 Å². The van der Waals surface area contributed by atoms with Gasteiger partial charge in [-0.2, -0.15) is 0 Å². The number of aromatic nitrogens is 4. The van der Waals surface area contributed by atoms with Crippen LogP contribution in [-0.2, 0) is 0 Å². The zero-order valence-corrected chi connectivity index (χ0v) is 33.5. The van der Waals surface area contributed by atoms with E-state index in [-0.39, 0.29) is 0 Å². The predicted octanol–water partition coefficient (Wildman–Crippen LogP) is 14.9. The number of para-hydroxylation sites is 3. The molecule has 0 aliphatic carbocycles. The molecule has 290 valence electrons. The van der Waals surface area contributed by atoms with E-state index in [1.54, 1.807) is 0 Å². The summed E-state index contributed by atoms with van der Waals surface area (Å²) in [6.07, 6.45) is 0. The van der Waals surface area contributed by atoms with Gasteiger partial charge in [-0.3, -0.25) is 0 Å². The number of furan rings is 1. The Morgan fingerprint density at radius 3 is 1.63 bits per heavy atom. The van der Waals surface area contributed by atoms with E-state index < -0.39 is 0 Å². The van der Waals surface area contributed by atoms with Gasteiger partial charge < -0.3 is 8.98 Å². The normalized spacial score (nSPS) is 11.5. The van der Waals surface area contributed by atoms with Crippen LogP contribution in [0.5, 0.6) is 0 Å². The van der Waals surface area contributed by atoms with E-state index in [1.807, 2.05) is 36.4 Å². The van der Waals surface area contributed by atoms with E-state index in [1.165, 1.54) is 5.39 Å². The molecule has 0 atom stereocenters. The highest BCUT2D eigenvalue weighted by Crippen LogP contribution is 2.42. The van der Waals surface area contributed by atoms with Gasteiger partial charge in [-0.15, -0.1) is 0 Å². The van der Waals surface area contributed by atoms with E-state index >= 15 is 0 Å². The standard InChI is InChI=1S/C57H36N4O/c1-4-16-37(17-5-1)40-22-14-23-42(34-40)56-58-55(39-20-8-3-9-21-39)59-57(60-56)43-31-32-44(38-18-6-2-7-19-38)51(36-43)61-50-28-12-10-24-46(50)47-33-30-41(35-52(47)61)45-26-15-27-49-48-25-11-13-29-53(48)62-54(45)49/h1-36H. The van der Waals surface area contributed by atoms with Crippen molar-refractivity contribution in [3.05, 3.63) is 218 Å². The summed E-state index contributed by atoms with van der Waals surface area (Å²) in [7, 11) is 0. The third-order valence-electron chi connectivity index (χ3n) is 11.9. The monoisotopic (exact) mass is 792 g/mol. The first-order valence-electron chi connectivity index (χ1n) is 20.8. The molecule has 5 heteroatoms. The molecule has 0 saturated carbocycles. The Labute approximate surface area is 357 Å². The van der Waals surface area contributed by atoms with Gasteiger partial charge >= 0.3 is 0 Å². The van der Waals surface area contributed by atoms with Crippen LogP contribution >= 0.6 is 0 Å². The van der Waals surface area contributed by atoms with Gasteiger partial charge in [0, 0.05) is 49.4 Å². The molecule has 0 radical (unpaired) electrons. The van der Waals surface area contributed by atoms with Crippen LogP contribution in [0.2, 0.25) is 0 Å². The second-order valence-electron chi connectivity index (χ2n) is 15.6. The highest BCUT2D eigenvalue weighted by molar-refractivity contribution is 6.13. The molecule has 0 N–H and O–H groups in total. The quantitative estimate of drug-likeness (QED) is 0.161. The maximum absolute atomic E-state index is 6.55. The zero-order chi connectivity index (χ0) is 41.0. The fourth-order valence-corrected chi connectivity index (χ4v) is 8.91. The Kier molecular flexibility index (Phi) is 8.42. The fourth-order valence-electron chi connectivity index (χ4n) is 8.91. The van der Waals surface area contributed by atoms with Gasteiger partial charge in [0.25, 0.3) is 0 Å². The highest BCUT2D eigenvalue weighted by Gasteiger charge is 2.21. The number of benzene rings is 9. The summed E-state index contributed by atoms with van der Waals surface area (Å²) in [5.74, 6) is 1.82. The van der Waals surface area contributed by atoms with E-state index in [0.29, 0.717) is 17.5 Å². The number of rotatable bonds is 7. The molecule has 0 unspecified atom stereocenters. The predicted molar refractivity (Wildman–Crippen MR) is 254 cm³/mol. The summed E-state index contributed by atoms with van der Waals surface area (Å²) in [5, 5.41) is 4.56. The topological polar surface area (TPSA) is 56.7 Å². The van der Waals surface area contributed by atoms with Crippen molar-refractivity contribution in [1.29, 1.82) is 0 Å². The van der Waals surface area contributed by atoms with Crippen molar-refractivity contribution < 1.29 is 4.42 Å². The minimum absolute atomic E-state index is 0.595. The van der Waals surface area contributed by atoms with Crippen molar-refractivity contribution in [2.24, 2.45) is 0 Å². The summed E-state index contributed by atoms with van der Waals surface area (Å²) in [4.78, 5) is 15.5. The van der Waals surface area contributed by atoms with E-state index in [4.69, 9.17) is 19.4 Å². The van der Waals surface area contributed by atoms with Crippen molar-refractivity contribution in [1.82, 2.24) is 19.5 Å². The van der Waals surface area contributed by atoms with Crippen LogP contribution in [0, 0.1) is 0 Å². The molecule has 0 amide bonds. The third kappa shape index (κ3) is 6.06. The van der Waals surface area contributed by atoms with Gasteiger partial charge in [-0.05, 0) is 52.6 Å². The van der Waals surface area contributed by atoms with Gasteiger partial charge in [0.05, 0.1) is 16.7 Å². The lowest BCUT2D eigenvalue weighted by atomic mass is 9.99. The largest absolute Gasteiger partial charge is 0.455 e. The lowest BCUT2D eigenvalue weighted by Crippen LogP contribution is -2.02. The first-order chi connectivity index (χ1) is 30.7. The average molecular weight is 793 g/mol. The first kappa shape index (κ1) is 35.5. The summed E-state index contributed by atoms with van der Waals surface area (Å²) in [5.41, 5.74) is 14.3. The molecule has 3 heterocycles. The maximum atomic E-state index is 6.55. The number of hydrogen-bond acceptors (Lipinski definition) is 4. The molecular formula is C57H36N4O. The van der Waals surface area contributed by atoms with Crippen LogP contribution in [0.25, 0.3) is 117 Å². The maximum Gasteiger partial charge on any atom is 0.164 e. The fraction of sp³-hybridized carbons (Fsp3) is 0. The van der Waals surface area contributed by atoms with E-state index in [9.17, 15) is 0 Å². The molecule has 62 heavy (non-hydrogen) atoms. The third-order valence-corrected chi connectivity index (χ3v) is 11.9. The Morgan fingerprint density at radius 2 is 0.855 bits per heavy atom. The SMILES string of the molecule is c1ccc(-c2cccc(-c3nc(-c4ccccc4)nc(-c4ccc(-c5ccccc5)c(-n5c6ccccc6c6ccc(-c7cccc8c7oc7ccccc78)cc65)c4)n3)c2)cc1. The molecule has 12 rings (SSSR count). The number of nitrogens with zero attached hydrogens (tertiary/aromatic N) is 4. The molecule has 0 fully saturated rings. The van der Waals surface area contributed by atoms with Crippen LogP contribution in [0.15, 0.2) is 223 Å². The number of fused-ring (bicyclic) bond motifs is 6. The van der Waals surface area contributed by atoms with E-state index in [2.05, 4.69) is 187 Å². The first-order valence-corrected chi connectivity index (χ1v) is 20.8. The van der Waals surface area contributed by atoms with Gasteiger partial charge in [-0.1, -0.05) is 188 Å². The van der Waals surface area contributed by atoms with Gasteiger partial charge in [-0.25, -0.2) is 15.0 Å². The smallest absolute Gasteiger partial charge is 0.164 e. The van der Waals surface area contributed by atoms with Crippen molar-refractivity contribution in [3.8, 4) is 73.2 Å². The molecule has 0 aliphatic heterocycles. The number of hydrogen-bond donors (Lipinski definition) is 0. The molecule has 12 aromatic rings. The Balaban J connectivity index is 1.09. The highest BCUT2D eigenvalue weighted by atomic mass is 16.3. The minimum atomic E-state index is 0.595. The van der Waals surface area contributed by atoms with Gasteiger partial charge in [0.1, 0.15) is 11.2 Å². The summed E-state index contributed by atoms with van der Waals surface area (Å²) >= 11 is 0. The Hall–Kier alpha value is -8.41. The lowest BCUT2D eigenvalue weighted by molar-refractivity contribution is 0.670. The minimum Gasteiger partial charge on any atom is -0.455 e. The Bertz CT molecular complexity index is 3630. The van der Waals surface area contributed by atoms with E-state index in [0.717, 1.165) is 94.1 Å². The van der Waals surface area contributed by atoms with Crippen LogP contribution in [0.1, 0.15) is 0 Å². The van der Waals surface area contributed by atoms with Crippen molar-refractivity contribution in [2.75, 3.05) is 0 Å². The molecular weight excluding hydrogens is 757 g/mol. The van der Waals surface area contributed by atoms with Crippen LogP contribution in [0.4, 0.5) is 0 Å². The van der Waals surface area contributed by atoms with Crippen LogP contribution in [-0.4, -0.2) is 19.5 Å². The molecule has 0 saturated heterocycles. The molecule has 9 aromatic carbocycles. The summed E-state index contributed by atoms with van der Waals surface area (Å²) in [6, 6.07) is 76.3. The van der Waals surface area contributed by atoms with Crippen LogP contribution < -0.4 is 0 Å². The van der Waals surface area contributed by atoms with Gasteiger partial charge in [0.2, 0.25) is 0 Å². The second-order valence-corrected chi connectivity index (χ2v) is 15.6. The molecule has 3 aromatic heterocycles. The van der Waals surface area contributed by atoms with Gasteiger partial charge in [0.15, 0.2) is 17.5 Å². The van der Waals surface area contributed by atoms with Crippen molar-refractivity contribution >= 4 is 43.7 Å².